The lowest BCUT2D eigenvalue weighted by Crippen LogP contribution is -2.42. The topological polar surface area (TPSA) is 126 Å². The summed E-state index contributed by atoms with van der Waals surface area (Å²) in [6, 6.07) is 1.55. The Morgan fingerprint density at radius 1 is 1.12 bits per heavy atom. The summed E-state index contributed by atoms with van der Waals surface area (Å²) < 4.78 is 56.6. The van der Waals surface area contributed by atoms with Gasteiger partial charge >= 0.3 is 0 Å². The molecule has 3 aromatic rings. The number of alkyl halides is 2. The van der Waals surface area contributed by atoms with Gasteiger partial charge in [0.1, 0.15) is 4.90 Å². The number of anilines is 1. The zero-order valence-electron chi connectivity index (χ0n) is 18.0. The molecule has 1 saturated carbocycles. The number of hydrogen-bond acceptors (Lipinski definition) is 9. The first-order valence-corrected chi connectivity index (χ1v) is 12.8. The van der Waals surface area contributed by atoms with Crippen LogP contribution in [0.5, 0.6) is 0 Å². The molecular formula is C19H23F2N7O3S2. The van der Waals surface area contributed by atoms with Crippen molar-refractivity contribution in [3.63, 3.8) is 0 Å². The molecule has 33 heavy (non-hydrogen) atoms. The van der Waals surface area contributed by atoms with Crippen molar-refractivity contribution in [2.24, 2.45) is 0 Å². The lowest BCUT2D eigenvalue weighted by atomic mass is 9.93. The minimum Gasteiger partial charge on any atom is -0.390 e. The SMILES string of the molecule is CC1(O)CCN(c2cc(S(=O)(=O)NC3(C)CC3)cn3c(-c4nnc(C(F)F)s4)nnc23)CC1. The van der Waals surface area contributed by atoms with Crippen molar-refractivity contribution in [1.82, 2.24) is 29.5 Å². The van der Waals surface area contributed by atoms with Gasteiger partial charge in [0, 0.05) is 24.8 Å². The molecule has 1 aliphatic heterocycles. The first-order chi connectivity index (χ1) is 15.5. The monoisotopic (exact) mass is 499 g/mol. The summed E-state index contributed by atoms with van der Waals surface area (Å²) in [6.45, 7) is 4.60. The van der Waals surface area contributed by atoms with Crippen LogP contribution in [0, 0.1) is 0 Å². The van der Waals surface area contributed by atoms with Gasteiger partial charge in [0.05, 0.1) is 11.3 Å². The van der Waals surface area contributed by atoms with Crippen molar-refractivity contribution in [2.45, 2.75) is 62.0 Å². The average Bonchev–Trinajstić information content (AvgIpc) is 3.14. The molecule has 2 aliphatic rings. The first-order valence-electron chi connectivity index (χ1n) is 10.5. The lowest BCUT2D eigenvalue weighted by Gasteiger charge is -2.37. The Labute approximate surface area is 192 Å². The van der Waals surface area contributed by atoms with Crippen LogP contribution in [0.4, 0.5) is 14.5 Å². The number of nitrogens with one attached hydrogen (secondary N) is 1. The number of rotatable bonds is 6. The van der Waals surface area contributed by atoms with Crippen molar-refractivity contribution in [2.75, 3.05) is 18.0 Å². The zero-order valence-corrected chi connectivity index (χ0v) is 19.6. The van der Waals surface area contributed by atoms with E-state index in [4.69, 9.17) is 0 Å². The summed E-state index contributed by atoms with van der Waals surface area (Å²) >= 11 is 0.681. The molecule has 2 fully saturated rings. The number of hydrogen-bond donors (Lipinski definition) is 2. The maximum absolute atomic E-state index is 13.2. The summed E-state index contributed by atoms with van der Waals surface area (Å²) in [4.78, 5) is 1.96. The van der Waals surface area contributed by atoms with Crippen LogP contribution in [-0.2, 0) is 10.0 Å². The number of piperidine rings is 1. The zero-order chi connectivity index (χ0) is 23.6. The van der Waals surface area contributed by atoms with E-state index in [0.29, 0.717) is 48.6 Å². The van der Waals surface area contributed by atoms with Gasteiger partial charge in [-0.3, -0.25) is 4.40 Å². The molecule has 0 unspecified atom stereocenters. The highest BCUT2D eigenvalue weighted by Gasteiger charge is 2.41. The van der Waals surface area contributed by atoms with Crippen LogP contribution in [0.1, 0.15) is 51.0 Å². The van der Waals surface area contributed by atoms with E-state index < -0.39 is 32.6 Å². The molecule has 2 N–H and O–H groups in total. The number of aromatic nitrogens is 5. The van der Waals surface area contributed by atoms with Gasteiger partial charge in [0.25, 0.3) is 6.43 Å². The van der Waals surface area contributed by atoms with Crippen molar-refractivity contribution in [1.29, 1.82) is 0 Å². The molecule has 0 radical (unpaired) electrons. The van der Waals surface area contributed by atoms with Gasteiger partial charge in [-0.05, 0) is 45.6 Å². The number of nitrogens with zero attached hydrogens (tertiary/aromatic N) is 6. The fourth-order valence-corrected chi connectivity index (χ4v) is 5.96. The fourth-order valence-electron chi connectivity index (χ4n) is 3.79. The smallest absolute Gasteiger partial charge is 0.291 e. The molecule has 10 nitrogen and oxygen atoms in total. The summed E-state index contributed by atoms with van der Waals surface area (Å²) in [5.74, 6) is 0.134. The van der Waals surface area contributed by atoms with Crippen LogP contribution < -0.4 is 9.62 Å². The molecule has 178 valence electrons. The second kappa shape index (κ2) is 7.61. The molecular weight excluding hydrogens is 476 g/mol. The van der Waals surface area contributed by atoms with Crippen molar-refractivity contribution in [3.8, 4) is 10.8 Å². The van der Waals surface area contributed by atoms with Crippen molar-refractivity contribution in [3.05, 3.63) is 17.3 Å². The third-order valence-corrected chi connectivity index (χ3v) is 8.68. The molecule has 0 amide bonds. The summed E-state index contributed by atoms with van der Waals surface area (Å²) in [5, 5.41) is 25.6. The van der Waals surface area contributed by atoms with Crippen LogP contribution in [0.2, 0.25) is 0 Å². The molecule has 0 aromatic carbocycles. The van der Waals surface area contributed by atoms with E-state index in [1.807, 2.05) is 11.8 Å². The molecule has 4 heterocycles. The predicted molar refractivity (Wildman–Crippen MR) is 117 cm³/mol. The van der Waals surface area contributed by atoms with E-state index in [0.717, 1.165) is 12.8 Å². The number of fused-ring (bicyclic) bond motifs is 1. The summed E-state index contributed by atoms with van der Waals surface area (Å²) in [7, 11) is -3.87. The molecule has 3 aromatic heterocycles. The quantitative estimate of drug-likeness (QED) is 0.530. The number of pyridine rings is 1. The lowest BCUT2D eigenvalue weighted by molar-refractivity contribution is 0.0351. The minimum absolute atomic E-state index is 0.00936. The van der Waals surface area contributed by atoms with E-state index in [-0.39, 0.29) is 15.7 Å². The standard InChI is InChI=1S/C19H23F2N7O3S2/c1-18(3-4-18)26-33(30,31)11-9-12(27-7-5-19(2,29)6-8-27)14-22-23-15(28(14)10-11)17-25-24-16(32-17)13(20)21/h9-10,13,26,29H,3-8H2,1-2H3. The molecule has 0 bridgehead atoms. The van der Waals surface area contributed by atoms with Gasteiger partial charge in [-0.15, -0.1) is 20.4 Å². The summed E-state index contributed by atoms with van der Waals surface area (Å²) in [6.07, 6.45) is 1.12. The Morgan fingerprint density at radius 3 is 2.42 bits per heavy atom. The van der Waals surface area contributed by atoms with Crippen molar-refractivity contribution >= 4 is 32.7 Å². The molecule has 5 rings (SSSR count). The third-order valence-electron chi connectivity index (χ3n) is 6.15. The summed E-state index contributed by atoms with van der Waals surface area (Å²) in [5.41, 5.74) is -0.363. The Kier molecular flexibility index (Phi) is 5.19. The second-order valence-corrected chi connectivity index (χ2v) is 11.9. The van der Waals surface area contributed by atoms with Gasteiger partial charge in [-0.25, -0.2) is 21.9 Å². The van der Waals surface area contributed by atoms with Gasteiger partial charge in [-0.1, -0.05) is 11.3 Å². The highest BCUT2D eigenvalue weighted by molar-refractivity contribution is 7.89. The predicted octanol–water partition coefficient (Wildman–Crippen LogP) is 2.37. The van der Waals surface area contributed by atoms with Crippen LogP contribution in [0.3, 0.4) is 0 Å². The Morgan fingerprint density at radius 2 is 1.82 bits per heavy atom. The maximum atomic E-state index is 13.2. The van der Waals surface area contributed by atoms with Crippen LogP contribution >= 0.6 is 11.3 Å². The second-order valence-electron chi connectivity index (χ2n) is 9.17. The largest absolute Gasteiger partial charge is 0.390 e. The highest BCUT2D eigenvalue weighted by Crippen LogP contribution is 2.37. The minimum atomic E-state index is -3.87. The van der Waals surface area contributed by atoms with E-state index in [1.165, 1.54) is 10.6 Å². The Balaban J connectivity index is 1.64. The Hall–Kier alpha value is -2.29. The van der Waals surface area contributed by atoms with Gasteiger partial charge < -0.3 is 10.0 Å². The Bertz CT molecular complexity index is 1310. The average molecular weight is 500 g/mol. The fraction of sp³-hybridized carbons (Fsp3) is 0.579. The molecule has 14 heteroatoms. The van der Waals surface area contributed by atoms with E-state index in [9.17, 15) is 22.3 Å². The highest BCUT2D eigenvalue weighted by atomic mass is 32.2. The number of sulfonamides is 1. The molecule has 0 atom stereocenters. The van der Waals surface area contributed by atoms with Crippen molar-refractivity contribution < 1.29 is 22.3 Å². The first kappa shape index (κ1) is 22.5. The third kappa shape index (κ3) is 4.32. The normalized spacial score (nSPS) is 20.0. The van der Waals surface area contributed by atoms with E-state index in [1.54, 1.807) is 13.0 Å². The van der Waals surface area contributed by atoms with Gasteiger partial charge in [0.2, 0.25) is 10.0 Å². The maximum Gasteiger partial charge on any atom is 0.291 e. The molecule has 0 spiro atoms. The van der Waals surface area contributed by atoms with Gasteiger partial charge in [-0.2, -0.15) is 0 Å². The van der Waals surface area contributed by atoms with Crippen LogP contribution in [0.25, 0.3) is 16.5 Å². The van der Waals surface area contributed by atoms with E-state index in [2.05, 4.69) is 25.1 Å². The number of aliphatic hydroxyl groups is 1. The van der Waals surface area contributed by atoms with E-state index >= 15 is 0 Å². The molecule has 1 aliphatic carbocycles. The number of halogens is 2. The molecule has 1 saturated heterocycles. The van der Waals surface area contributed by atoms with Gasteiger partial charge in [0.15, 0.2) is 21.5 Å². The van der Waals surface area contributed by atoms with Crippen LogP contribution in [0.15, 0.2) is 17.2 Å². The van der Waals surface area contributed by atoms with Crippen LogP contribution in [-0.4, -0.2) is 62.5 Å².